The molecule has 1 aromatic heterocycles. The fourth-order valence-electron chi connectivity index (χ4n) is 2.26. The van der Waals surface area contributed by atoms with E-state index in [0.29, 0.717) is 5.92 Å². The van der Waals surface area contributed by atoms with E-state index < -0.39 is 0 Å². The summed E-state index contributed by atoms with van der Waals surface area (Å²) in [5.74, 6) is 0.710. The zero-order chi connectivity index (χ0) is 13.9. The molecule has 108 valence electrons. The van der Waals surface area contributed by atoms with Gasteiger partial charge in [-0.3, -0.25) is 0 Å². The topological polar surface area (TPSA) is 34.1 Å². The predicted molar refractivity (Wildman–Crippen MR) is 80.7 cm³/mol. The van der Waals surface area contributed by atoms with E-state index in [1.54, 1.807) is 0 Å². The Balaban J connectivity index is 2.25. The molecule has 1 aliphatic carbocycles. The van der Waals surface area contributed by atoms with Gasteiger partial charge in [-0.2, -0.15) is 0 Å². The third-order valence-electron chi connectivity index (χ3n) is 3.82. The summed E-state index contributed by atoms with van der Waals surface area (Å²) >= 11 is 1.84. The van der Waals surface area contributed by atoms with E-state index in [1.807, 2.05) is 11.3 Å². The molecule has 3 nitrogen and oxygen atoms in total. The number of rotatable bonds is 8. The molecule has 0 aliphatic heterocycles. The highest BCUT2D eigenvalue weighted by Gasteiger charge is 2.34. The second kappa shape index (κ2) is 6.33. The number of hydrogen-bond acceptors (Lipinski definition) is 4. The molecule has 1 aromatic rings. The number of nitrogens with zero attached hydrogens (tertiary/aromatic N) is 1. The van der Waals surface area contributed by atoms with E-state index in [9.17, 15) is 0 Å². The molecule has 1 N–H and O–H groups in total. The van der Waals surface area contributed by atoms with Crippen LogP contribution in [0.5, 0.6) is 0 Å². The minimum atomic E-state index is -0.215. The van der Waals surface area contributed by atoms with Crippen LogP contribution in [0.15, 0.2) is 0 Å². The van der Waals surface area contributed by atoms with Gasteiger partial charge < -0.3 is 10.1 Å². The molecule has 1 saturated carbocycles. The number of nitrogens with one attached hydrogen (secondary N) is 1. The van der Waals surface area contributed by atoms with Crippen molar-refractivity contribution in [1.82, 2.24) is 10.3 Å². The Morgan fingerprint density at radius 2 is 2.11 bits per heavy atom. The van der Waals surface area contributed by atoms with E-state index in [0.717, 1.165) is 31.1 Å². The van der Waals surface area contributed by atoms with Crippen LogP contribution in [0, 0.1) is 0 Å². The molecular formula is C15H26N2OS. The molecule has 0 bridgehead atoms. The Morgan fingerprint density at radius 3 is 2.63 bits per heavy atom. The highest BCUT2D eigenvalue weighted by Crippen LogP contribution is 2.44. The maximum absolute atomic E-state index is 5.97. The molecule has 1 fully saturated rings. The smallest absolute Gasteiger partial charge is 0.125 e. The lowest BCUT2D eigenvalue weighted by atomic mass is 10.0. The van der Waals surface area contributed by atoms with Crippen LogP contribution in [0.25, 0.3) is 0 Å². The second-order valence-corrected chi connectivity index (χ2v) is 6.48. The largest absolute Gasteiger partial charge is 0.368 e. The van der Waals surface area contributed by atoms with Crippen molar-refractivity contribution in [3.8, 4) is 0 Å². The minimum absolute atomic E-state index is 0.215. The van der Waals surface area contributed by atoms with Crippen molar-refractivity contribution >= 4 is 11.3 Å². The number of thiazole rings is 1. The van der Waals surface area contributed by atoms with Crippen LogP contribution in [0.2, 0.25) is 0 Å². The van der Waals surface area contributed by atoms with E-state index >= 15 is 0 Å². The maximum atomic E-state index is 5.97. The van der Waals surface area contributed by atoms with Crippen LogP contribution >= 0.6 is 11.3 Å². The maximum Gasteiger partial charge on any atom is 0.125 e. The summed E-state index contributed by atoms with van der Waals surface area (Å²) < 4.78 is 5.97. The lowest BCUT2D eigenvalue weighted by molar-refractivity contribution is -0.0325. The molecule has 1 heterocycles. The van der Waals surface area contributed by atoms with Crippen molar-refractivity contribution in [2.24, 2.45) is 0 Å². The SMILES string of the molecule is CCNCc1sc(C(C)(CC)OCC)nc1C1CC1. The Bertz CT molecular complexity index is 414. The molecule has 1 aliphatic rings. The summed E-state index contributed by atoms with van der Waals surface area (Å²) in [5, 5.41) is 4.59. The first-order valence-electron chi connectivity index (χ1n) is 7.49. The minimum Gasteiger partial charge on any atom is -0.368 e. The molecule has 0 radical (unpaired) electrons. The van der Waals surface area contributed by atoms with Gasteiger partial charge in [-0.1, -0.05) is 13.8 Å². The standard InChI is InChI=1S/C15H26N2OS/c1-5-15(4,18-7-3)14-17-13(11-8-9-11)12(19-14)10-16-6-2/h11,16H,5-10H2,1-4H3. The summed E-state index contributed by atoms with van der Waals surface area (Å²) in [4.78, 5) is 6.36. The van der Waals surface area contributed by atoms with E-state index in [1.165, 1.54) is 23.4 Å². The van der Waals surface area contributed by atoms with Gasteiger partial charge in [0.25, 0.3) is 0 Å². The van der Waals surface area contributed by atoms with E-state index in [2.05, 4.69) is 33.0 Å². The Kier molecular flexibility index (Phi) is 4.98. The van der Waals surface area contributed by atoms with Crippen molar-refractivity contribution in [1.29, 1.82) is 0 Å². The Morgan fingerprint density at radius 1 is 1.37 bits per heavy atom. The van der Waals surface area contributed by atoms with Gasteiger partial charge in [0.2, 0.25) is 0 Å². The third kappa shape index (κ3) is 3.36. The van der Waals surface area contributed by atoms with Crippen molar-refractivity contribution in [3.63, 3.8) is 0 Å². The second-order valence-electron chi connectivity index (χ2n) is 5.40. The van der Waals surface area contributed by atoms with E-state index in [-0.39, 0.29) is 5.60 Å². The zero-order valence-electron chi connectivity index (χ0n) is 12.6. The summed E-state index contributed by atoms with van der Waals surface area (Å²) in [6.45, 7) is 11.3. The fraction of sp³-hybridized carbons (Fsp3) is 0.800. The van der Waals surface area contributed by atoms with Gasteiger partial charge in [0.1, 0.15) is 10.6 Å². The number of aromatic nitrogens is 1. The first kappa shape index (κ1) is 14.9. The first-order valence-corrected chi connectivity index (χ1v) is 8.31. The molecule has 0 saturated heterocycles. The van der Waals surface area contributed by atoms with Crippen LogP contribution in [-0.4, -0.2) is 18.1 Å². The fourth-order valence-corrected chi connectivity index (χ4v) is 3.55. The lowest BCUT2D eigenvalue weighted by Crippen LogP contribution is -2.24. The van der Waals surface area contributed by atoms with Gasteiger partial charge in [0.15, 0.2) is 0 Å². The predicted octanol–water partition coefficient (Wildman–Crippen LogP) is 3.79. The van der Waals surface area contributed by atoms with Crippen molar-refractivity contribution < 1.29 is 4.74 Å². The van der Waals surface area contributed by atoms with Crippen LogP contribution in [-0.2, 0) is 16.9 Å². The lowest BCUT2D eigenvalue weighted by Gasteiger charge is -2.25. The van der Waals surface area contributed by atoms with Gasteiger partial charge in [0, 0.05) is 23.9 Å². The monoisotopic (exact) mass is 282 g/mol. The average molecular weight is 282 g/mol. The number of ether oxygens (including phenoxy) is 1. The summed E-state index contributed by atoms with van der Waals surface area (Å²) in [6, 6.07) is 0. The van der Waals surface area contributed by atoms with Crippen molar-refractivity contribution in [2.45, 2.75) is 65.0 Å². The van der Waals surface area contributed by atoms with Crippen molar-refractivity contribution in [3.05, 3.63) is 15.6 Å². The van der Waals surface area contributed by atoms with Gasteiger partial charge in [-0.15, -0.1) is 11.3 Å². The van der Waals surface area contributed by atoms with Gasteiger partial charge in [-0.05, 0) is 39.7 Å². The molecule has 0 amide bonds. The van der Waals surface area contributed by atoms with Gasteiger partial charge in [-0.25, -0.2) is 4.98 Å². The summed E-state index contributed by atoms with van der Waals surface area (Å²) in [5.41, 5.74) is 1.12. The molecule has 4 heteroatoms. The van der Waals surface area contributed by atoms with E-state index in [4.69, 9.17) is 9.72 Å². The Labute approximate surface area is 120 Å². The highest BCUT2D eigenvalue weighted by atomic mass is 32.1. The molecule has 1 atom stereocenters. The molecule has 2 rings (SSSR count). The van der Waals surface area contributed by atoms with Crippen LogP contribution in [0.1, 0.15) is 68.5 Å². The first-order chi connectivity index (χ1) is 9.14. The van der Waals surface area contributed by atoms with Crippen LogP contribution < -0.4 is 5.32 Å². The molecule has 19 heavy (non-hydrogen) atoms. The summed E-state index contributed by atoms with van der Waals surface area (Å²) in [6.07, 6.45) is 3.58. The molecule has 0 aromatic carbocycles. The molecular weight excluding hydrogens is 256 g/mol. The average Bonchev–Trinajstić information content (AvgIpc) is 3.16. The van der Waals surface area contributed by atoms with Crippen LogP contribution in [0.4, 0.5) is 0 Å². The van der Waals surface area contributed by atoms with Gasteiger partial charge >= 0.3 is 0 Å². The Hall–Kier alpha value is -0.450. The normalized spacial score (nSPS) is 18.5. The molecule has 0 spiro atoms. The van der Waals surface area contributed by atoms with Crippen LogP contribution in [0.3, 0.4) is 0 Å². The van der Waals surface area contributed by atoms with Gasteiger partial charge in [0.05, 0.1) is 5.69 Å². The third-order valence-corrected chi connectivity index (χ3v) is 5.13. The van der Waals surface area contributed by atoms with Crippen molar-refractivity contribution in [2.75, 3.05) is 13.2 Å². The summed E-state index contributed by atoms with van der Waals surface area (Å²) in [7, 11) is 0. The number of hydrogen-bond donors (Lipinski definition) is 1. The zero-order valence-corrected chi connectivity index (χ0v) is 13.4. The highest BCUT2D eigenvalue weighted by molar-refractivity contribution is 7.11. The molecule has 1 unspecified atom stereocenters. The quantitative estimate of drug-likeness (QED) is 0.787.